The molecule has 0 atom stereocenters. The predicted octanol–water partition coefficient (Wildman–Crippen LogP) is 7.30. The molecule has 1 amide bonds. The Balaban J connectivity index is 1.46. The molecule has 1 saturated carbocycles. The molecule has 0 spiro atoms. The molecule has 1 aliphatic rings. The number of carbonyl (C=O) groups is 1. The number of carbonyl (C=O) groups excluding carboxylic acids is 1. The standard InChI is InChI=1S/C31H29BrClFN4O4/c1-2-41-25-16-20(27(32)28(33)29(25)42-18-26(39)36-24-15-9-7-13-22(24)34)17-35-38-30(19-10-4-3-5-11-19)37-23-14-8-6-12-21(23)31(38)40/h6-9,12-17,19H,2-5,10-11,18H2,1H3,(H,36,39). The van der Waals surface area contributed by atoms with Crippen molar-refractivity contribution in [3.8, 4) is 11.5 Å². The molecule has 0 saturated heterocycles. The zero-order chi connectivity index (χ0) is 29.6. The number of anilines is 1. The Bertz CT molecular complexity index is 1700. The highest BCUT2D eigenvalue weighted by molar-refractivity contribution is 9.10. The van der Waals surface area contributed by atoms with Gasteiger partial charge in [0, 0.05) is 16.0 Å². The maximum atomic E-state index is 13.9. The van der Waals surface area contributed by atoms with E-state index >= 15 is 0 Å². The summed E-state index contributed by atoms with van der Waals surface area (Å²) in [5.41, 5.74) is 0.977. The van der Waals surface area contributed by atoms with E-state index in [9.17, 15) is 14.0 Å². The maximum absolute atomic E-state index is 13.9. The first-order valence-electron chi connectivity index (χ1n) is 13.7. The molecule has 218 valence electrons. The number of fused-ring (bicyclic) bond motifs is 1. The van der Waals surface area contributed by atoms with E-state index in [1.165, 1.54) is 35.5 Å². The summed E-state index contributed by atoms with van der Waals surface area (Å²) in [5, 5.41) is 7.70. The van der Waals surface area contributed by atoms with Gasteiger partial charge in [-0.2, -0.15) is 9.78 Å². The molecule has 4 aromatic rings. The van der Waals surface area contributed by atoms with Crippen LogP contribution in [0.15, 0.2) is 69.0 Å². The highest BCUT2D eigenvalue weighted by Gasteiger charge is 2.23. The number of amides is 1. The van der Waals surface area contributed by atoms with Crippen LogP contribution in [-0.2, 0) is 4.79 Å². The molecule has 8 nitrogen and oxygen atoms in total. The van der Waals surface area contributed by atoms with Crippen molar-refractivity contribution in [3.05, 3.63) is 91.7 Å². The van der Waals surface area contributed by atoms with Crippen LogP contribution in [-0.4, -0.2) is 35.0 Å². The van der Waals surface area contributed by atoms with E-state index < -0.39 is 18.3 Å². The lowest BCUT2D eigenvalue weighted by Crippen LogP contribution is -2.25. The molecule has 0 aliphatic heterocycles. The fourth-order valence-electron chi connectivity index (χ4n) is 4.98. The average molecular weight is 656 g/mol. The average Bonchev–Trinajstić information content (AvgIpc) is 3.00. The Morgan fingerprint density at radius 2 is 1.90 bits per heavy atom. The van der Waals surface area contributed by atoms with Crippen LogP contribution < -0.4 is 20.3 Å². The lowest BCUT2D eigenvalue weighted by Gasteiger charge is -2.22. The molecular weight excluding hydrogens is 627 g/mol. The van der Waals surface area contributed by atoms with Crippen molar-refractivity contribution in [2.45, 2.75) is 44.9 Å². The van der Waals surface area contributed by atoms with Crippen LogP contribution in [0.4, 0.5) is 10.1 Å². The molecular formula is C31H29BrClFN4O4. The molecule has 0 bridgehead atoms. The van der Waals surface area contributed by atoms with Gasteiger partial charge in [0.05, 0.1) is 29.4 Å². The third kappa shape index (κ3) is 6.50. The van der Waals surface area contributed by atoms with Gasteiger partial charge in [0.25, 0.3) is 11.5 Å². The third-order valence-electron chi connectivity index (χ3n) is 7.01. The van der Waals surface area contributed by atoms with Crippen LogP contribution in [0, 0.1) is 5.82 Å². The second-order valence-electron chi connectivity index (χ2n) is 9.85. The molecule has 1 aliphatic carbocycles. The van der Waals surface area contributed by atoms with Crippen LogP contribution in [0.1, 0.15) is 56.3 Å². The topological polar surface area (TPSA) is 94.8 Å². The van der Waals surface area contributed by atoms with E-state index in [1.807, 2.05) is 12.1 Å². The molecule has 3 aromatic carbocycles. The van der Waals surface area contributed by atoms with Crippen LogP contribution in [0.2, 0.25) is 5.02 Å². The molecule has 1 N–H and O–H groups in total. The van der Waals surface area contributed by atoms with Gasteiger partial charge in [-0.1, -0.05) is 55.1 Å². The SMILES string of the molecule is CCOc1cc(C=Nn2c(C3CCCCC3)nc3ccccc3c2=O)c(Br)c(Cl)c1OCC(=O)Nc1ccccc1F. The summed E-state index contributed by atoms with van der Waals surface area (Å²) in [5.74, 6) is 0.0608. The van der Waals surface area contributed by atoms with E-state index in [0.717, 1.165) is 25.7 Å². The van der Waals surface area contributed by atoms with Gasteiger partial charge in [0.15, 0.2) is 18.1 Å². The van der Waals surface area contributed by atoms with Crippen molar-refractivity contribution in [3.63, 3.8) is 0 Å². The highest BCUT2D eigenvalue weighted by Crippen LogP contribution is 2.42. The number of hydrogen-bond acceptors (Lipinski definition) is 6. The molecule has 0 unspecified atom stereocenters. The molecule has 0 radical (unpaired) electrons. The fraction of sp³-hybridized carbons (Fsp3) is 0.290. The van der Waals surface area contributed by atoms with Gasteiger partial charge in [0.1, 0.15) is 16.7 Å². The molecule has 1 fully saturated rings. The third-order valence-corrected chi connectivity index (χ3v) is 8.46. The first-order valence-corrected chi connectivity index (χ1v) is 14.9. The second kappa shape index (κ2) is 13.5. The van der Waals surface area contributed by atoms with Crippen molar-refractivity contribution in [1.82, 2.24) is 9.66 Å². The number of nitrogens with one attached hydrogen (secondary N) is 1. The summed E-state index contributed by atoms with van der Waals surface area (Å²) >= 11 is 10.2. The van der Waals surface area contributed by atoms with Crippen LogP contribution >= 0.6 is 27.5 Å². The van der Waals surface area contributed by atoms with Gasteiger partial charge >= 0.3 is 0 Å². The second-order valence-corrected chi connectivity index (χ2v) is 11.0. The minimum absolute atomic E-state index is 0.0426. The lowest BCUT2D eigenvalue weighted by atomic mass is 9.88. The predicted molar refractivity (Wildman–Crippen MR) is 166 cm³/mol. The number of nitrogens with zero attached hydrogens (tertiary/aromatic N) is 3. The van der Waals surface area contributed by atoms with Gasteiger partial charge in [-0.15, -0.1) is 0 Å². The largest absolute Gasteiger partial charge is 0.490 e. The Labute approximate surface area is 255 Å². The summed E-state index contributed by atoms with van der Waals surface area (Å²) in [6, 6.07) is 14.8. The Morgan fingerprint density at radius 1 is 1.17 bits per heavy atom. The number of ether oxygens (including phenoxy) is 2. The van der Waals surface area contributed by atoms with Gasteiger partial charge in [-0.05, 0) is 66.0 Å². The van der Waals surface area contributed by atoms with E-state index in [1.54, 1.807) is 31.2 Å². The number of para-hydroxylation sites is 2. The summed E-state index contributed by atoms with van der Waals surface area (Å²) in [6.07, 6.45) is 6.74. The molecule has 5 rings (SSSR count). The van der Waals surface area contributed by atoms with Crippen LogP contribution in [0.3, 0.4) is 0 Å². The zero-order valence-electron chi connectivity index (χ0n) is 22.9. The highest BCUT2D eigenvalue weighted by atomic mass is 79.9. The minimum atomic E-state index is -0.571. The zero-order valence-corrected chi connectivity index (χ0v) is 25.3. The Hall–Kier alpha value is -3.76. The van der Waals surface area contributed by atoms with E-state index in [4.69, 9.17) is 26.1 Å². The Morgan fingerprint density at radius 3 is 2.67 bits per heavy atom. The molecule has 1 heterocycles. The number of aromatic nitrogens is 2. The van der Waals surface area contributed by atoms with Crippen molar-refractivity contribution in [2.24, 2.45) is 5.10 Å². The van der Waals surface area contributed by atoms with Crippen molar-refractivity contribution in [2.75, 3.05) is 18.5 Å². The minimum Gasteiger partial charge on any atom is -0.490 e. The summed E-state index contributed by atoms with van der Waals surface area (Å²) in [7, 11) is 0. The first-order chi connectivity index (χ1) is 20.4. The lowest BCUT2D eigenvalue weighted by molar-refractivity contribution is -0.118. The smallest absolute Gasteiger partial charge is 0.282 e. The Kier molecular flexibility index (Phi) is 9.54. The summed E-state index contributed by atoms with van der Waals surface area (Å²) in [6.45, 7) is 1.66. The van der Waals surface area contributed by atoms with Crippen molar-refractivity contribution >= 4 is 56.2 Å². The van der Waals surface area contributed by atoms with E-state index in [-0.39, 0.29) is 33.7 Å². The molecule has 11 heteroatoms. The van der Waals surface area contributed by atoms with Crippen molar-refractivity contribution in [1.29, 1.82) is 0 Å². The number of rotatable bonds is 9. The monoisotopic (exact) mass is 654 g/mol. The fourth-order valence-corrected chi connectivity index (χ4v) is 5.63. The van der Waals surface area contributed by atoms with Crippen LogP contribution in [0.5, 0.6) is 11.5 Å². The number of halogens is 3. The first kappa shape index (κ1) is 29.7. The maximum Gasteiger partial charge on any atom is 0.282 e. The van der Waals surface area contributed by atoms with Gasteiger partial charge in [-0.3, -0.25) is 9.59 Å². The normalized spacial score (nSPS) is 13.9. The van der Waals surface area contributed by atoms with Crippen molar-refractivity contribution < 1.29 is 18.7 Å². The van der Waals surface area contributed by atoms with E-state index in [0.29, 0.717) is 33.4 Å². The molecule has 1 aromatic heterocycles. The van der Waals surface area contributed by atoms with Gasteiger partial charge in [0.2, 0.25) is 0 Å². The quantitative estimate of drug-likeness (QED) is 0.191. The van der Waals surface area contributed by atoms with Crippen LogP contribution in [0.25, 0.3) is 10.9 Å². The molecule has 42 heavy (non-hydrogen) atoms. The summed E-state index contributed by atoms with van der Waals surface area (Å²) in [4.78, 5) is 30.9. The number of hydrogen-bond donors (Lipinski definition) is 1. The van der Waals surface area contributed by atoms with Gasteiger partial charge in [-0.25, -0.2) is 9.37 Å². The number of benzene rings is 3. The van der Waals surface area contributed by atoms with Gasteiger partial charge < -0.3 is 14.8 Å². The van der Waals surface area contributed by atoms with E-state index in [2.05, 4.69) is 26.3 Å². The summed E-state index contributed by atoms with van der Waals surface area (Å²) < 4.78 is 27.2.